The van der Waals surface area contributed by atoms with Crippen LogP contribution in [0.15, 0.2) is 76.3 Å². The van der Waals surface area contributed by atoms with Gasteiger partial charge in [0.1, 0.15) is 5.75 Å². The summed E-state index contributed by atoms with van der Waals surface area (Å²) < 4.78 is 4.69. The van der Waals surface area contributed by atoms with Crippen LogP contribution in [0.1, 0.15) is 22.9 Å². The molecule has 1 atom stereocenters. The molecule has 2 aromatic heterocycles. The van der Waals surface area contributed by atoms with Crippen molar-refractivity contribution in [2.24, 2.45) is 14.1 Å². The largest absolute Gasteiger partial charge is 0.508 e. The molecule has 6 rings (SSSR count). The van der Waals surface area contributed by atoms with Crippen LogP contribution in [0.4, 0.5) is 5.69 Å². The number of benzene rings is 3. The second-order valence-corrected chi connectivity index (χ2v) is 9.55. The normalized spacial score (nSPS) is 14.4. The molecule has 2 N–H and O–H groups in total. The molecule has 0 amide bonds. The van der Waals surface area contributed by atoms with E-state index in [0.717, 1.165) is 27.1 Å². The molecule has 3 heterocycles. The Bertz CT molecular complexity index is 1830. The monoisotopic (exact) mass is 498 g/mol. The summed E-state index contributed by atoms with van der Waals surface area (Å²) in [6.07, 6.45) is 0. The molecule has 1 aliphatic heterocycles. The average Bonchev–Trinajstić information content (AvgIpc) is 3.24. The van der Waals surface area contributed by atoms with Crippen LogP contribution in [0.5, 0.6) is 5.75 Å². The molecular formula is C28H23ClN4O3. The molecule has 0 unspecified atom stereocenters. The molecule has 0 bridgehead atoms. The topological polar surface area (TPSA) is 81.2 Å². The summed E-state index contributed by atoms with van der Waals surface area (Å²) in [6, 6.07) is 20.0. The zero-order valence-electron chi connectivity index (χ0n) is 19.9. The van der Waals surface area contributed by atoms with Crippen LogP contribution in [0.2, 0.25) is 5.02 Å². The third-order valence-electron chi connectivity index (χ3n) is 7.03. The van der Waals surface area contributed by atoms with Gasteiger partial charge in [-0.3, -0.25) is 13.9 Å². The first kappa shape index (κ1) is 22.2. The summed E-state index contributed by atoms with van der Waals surface area (Å²) in [7, 11) is 3.16. The Hall–Kier alpha value is -4.23. The van der Waals surface area contributed by atoms with E-state index in [1.165, 1.54) is 11.6 Å². The van der Waals surface area contributed by atoms with E-state index in [9.17, 15) is 14.7 Å². The van der Waals surface area contributed by atoms with E-state index in [0.29, 0.717) is 32.9 Å². The highest BCUT2D eigenvalue weighted by Gasteiger charge is 2.36. The number of phenolic OH excluding ortho intramolecular Hbond substituents is 1. The lowest BCUT2D eigenvalue weighted by atomic mass is 9.98. The van der Waals surface area contributed by atoms with Gasteiger partial charge in [-0.25, -0.2) is 4.79 Å². The predicted molar refractivity (Wildman–Crippen MR) is 143 cm³/mol. The van der Waals surface area contributed by atoms with Gasteiger partial charge in [0.2, 0.25) is 0 Å². The number of fused-ring (bicyclic) bond motifs is 5. The first-order chi connectivity index (χ1) is 17.3. The molecule has 36 heavy (non-hydrogen) atoms. The second-order valence-electron chi connectivity index (χ2n) is 9.11. The molecule has 5 aromatic rings. The smallest absolute Gasteiger partial charge is 0.331 e. The third-order valence-corrected chi connectivity index (χ3v) is 7.26. The lowest BCUT2D eigenvalue weighted by Gasteiger charge is -2.31. The molecule has 3 aromatic carbocycles. The number of halogens is 1. The molecular weight excluding hydrogens is 476 g/mol. The average molecular weight is 499 g/mol. The minimum Gasteiger partial charge on any atom is -0.508 e. The van der Waals surface area contributed by atoms with Gasteiger partial charge in [0.15, 0.2) is 0 Å². The highest BCUT2D eigenvalue weighted by atomic mass is 35.5. The standard InChI is InChI=1S/C28H23ClN4O3/c1-15-8-4-5-9-17(15)24-22-25(31(2)28(36)32(3)27(22)35)26-23(18-14-16(29)12-13-21(18)34)30-19-10-6-7-11-20(19)33(24)26/h4-14,23,30,34H,1-3H3/t23-/m1/s1. The molecule has 0 saturated carbocycles. The van der Waals surface area contributed by atoms with Crippen LogP contribution < -0.4 is 16.6 Å². The van der Waals surface area contributed by atoms with E-state index >= 15 is 0 Å². The molecule has 0 saturated heterocycles. The summed E-state index contributed by atoms with van der Waals surface area (Å²) in [5.74, 6) is 0.0588. The summed E-state index contributed by atoms with van der Waals surface area (Å²) in [4.78, 5) is 26.9. The maximum absolute atomic E-state index is 13.7. The van der Waals surface area contributed by atoms with Crippen molar-refractivity contribution in [1.29, 1.82) is 0 Å². The summed E-state index contributed by atoms with van der Waals surface area (Å²) in [6.45, 7) is 2.00. The molecule has 180 valence electrons. The van der Waals surface area contributed by atoms with Crippen molar-refractivity contribution in [3.63, 3.8) is 0 Å². The number of nitrogens with zero attached hydrogens (tertiary/aromatic N) is 3. The number of hydrogen-bond donors (Lipinski definition) is 2. The number of rotatable bonds is 2. The van der Waals surface area contributed by atoms with E-state index < -0.39 is 11.7 Å². The first-order valence-electron chi connectivity index (χ1n) is 11.5. The highest BCUT2D eigenvalue weighted by molar-refractivity contribution is 6.30. The Morgan fingerprint density at radius 2 is 1.67 bits per heavy atom. The van der Waals surface area contributed by atoms with Gasteiger partial charge < -0.3 is 15.0 Å². The molecule has 0 aliphatic carbocycles. The van der Waals surface area contributed by atoms with Gasteiger partial charge in [0.25, 0.3) is 5.56 Å². The van der Waals surface area contributed by atoms with E-state index in [1.54, 1.807) is 25.2 Å². The van der Waals surface area contributed by atoms with Crippen molar-refractivity contribution >= 4 is 28.2 Å². The van der Waals surface area contributed by atoms with E-state index in [1.807, 2.05) is 60.0 Å². The summed E-state index contributed by atoms with van der Waals surface area (Å²) >= 11 is 6.35. The van der Waals surface area contributed by atoms with E-state index in [2.05, 4.69) is 5.32 Å². The Morgan fingerprint density at radius 1 is 0.944 bits per heavy atom. The lowest BCUT2D eigenvalue weighted by Crippen LogP contribution is -2.37. The molecule has 0 spiro atoms. The van der Waals surface area contributed by atoms with Crippen molar-refractivity contribution < 1.29 is 5.11 Å². The molecule has 0 radical (unpaired) electrons. The predicted octanol–water partition coefficient (Wildman–Crippen LogP) is 4.88. The summed E-state index contributed by atoms with van der Waals surface area (Å²) in [5, 5.41) is 15.3. The second kappa shape index (κ2) is 7.90. The molecule has 0 fully saturated rings. The fourth-order valence-electron chi connectivity index (χ4n) is 5.30. The number of nitrogens with one attached hydrogen (secondary N) is 1. The van der Waals surface area contributed by atoms with Gasteiger partial charge in [0.05, 0.1) is 39.7 Å². The van der Waals surface area contributed by atoms with Crippen LogP contribution in [-0.2, 0) is 14.1 Å². The van der Waals surface area contributed by atoms with Crippen molar-refractivity contribution in [3.8, 4) is 22.7 Å². The zero-order chi connectivity index (χ0) is 25.3. The van der Waals surface area contributed by atoms with Crippen LogP contribution in [0, 0.1) is 6.92 Å². The van der Waals surface area contributed by atoms with E-state index in [-0.39, 0.29) is 11.3 Å². The lowest BCUT2D eigenvalue weighted by molar-refractivity contribution is 0.466. The number of phenols is 1. The Kier molecular flexibility index (Phi) is 4.88. The van der Waals surface area contributed by atoms with Gasteiger partial charge >= 0.3 is 5.69 Å². The van der Waals surface area contributed by atoms with Crippen molar-refractivity contribution in [2.75, 3.05) is 5.32 Å². The number of aromatic nitrogens is 3. The van der Waals surface area contributed by atoms with Crippen molar-refractivity contribution in [3.05, 3.63) is 109 Å². The number of hydrogen-bond acceptors (Lipinski definition) is 4. The number of aromatic hydroxyl groups is 1. The van der Waals surface area contributed by atoms with Gasteiger partial charge in [-0.05, 0) is 42.8 Å². The van der Waals surface area contributed by atoms with Gasteiger partial charge in [-0.15, -0.1) is 0 Å². The van der Waals surface area contributed by atoms with E-state index in [4.69, 9.17) is 11.6 Å². The molecule has 8 heteroatoms. The first-order valence-corrected chi connectivity index (χ1v) is 11.9. The van der Waals surface area contributed by atoms with Crippen LogP contribution in [0.25, 0.3) is 27.8 Å². The van der Waals surface area contributed by atoms with Crippen LogP contribution >= 0.6 is 11.6 Å². The fraction of sp³-hybridized carbons (Fsp3) is 0.143. The fourth-order valence-corrected chi connectivity index (χ4v) is 5.48. The zero-order valence-corrected chi connectivity index (χ0v) is 20.7. The minimum absolute atomic E-state index is 0.0588. The Balaban J connectivity index is 1.90. The third kappa shape index (κ3) is 2.99. The Labute approximate surface area is 211 Å². The maximum atomic E-state index is 13.7. The Morgan fingerprint density at radius 3 is 2.44 bits per heavy atom. The number of para-hydroxylation sites is 2. The SMILES string of the molecule is Cc1ccccc1-c1c2c(=O)n(C)c(=O)n(C)c2c2n1-c1ccccc1N[C@@H]2c1cc(Cl)ccc1O. The van der Waals surface area contributed by atoms with Crippen molar-refractivity contribution in [1.82, 2.24) is 13.7 Å². The molecule has 1 aliphatic rings. The van der Waals surface area contributed by atoms with Gasteiger partial charge in [-0.1, -0.05) is 48.0 Å². The van der Waals surface area contributed by atoms with Gasteiger partial charge in [-0.2, -0.15) is 0 Å². The molecule has 7 nitrogen and oxygen atoms in total. The number of aryl methyl sites for hydroxylation is 2. The maximum Gasteiger partial charge on any atom is 0.331 e. The highest BCUT2D eigenvalue weighted by Crippen LogP contribution is 2.47. The number of anilines is 1. The van der Waals surface area contributed by atoms with Gasteiger partial charge in [0, 0.05) is 30.2 Å². The van der Waals surface area contributed by atoms with Crippen molar-refractivity contribution in [2.45, 2.75) is 13.0 Å². The van der Waals surface area contributed by atoms with Crippen LogP contribution in [0.3, 0.4) is 0 Å². The van der Waals surface area contributed by atoms with Crippen LogP contribution in [-0.4, -0.2) is 18.8 Å². The minimum atomic E-state index is -0.587. The summed E-state index contributed by atoms with van der Waals surface area (Å²) in [5.41, 5.74) is 5.18. The quantitative estimate of drug-likeness (QED) is 0.363.